The van der Waals surface area contributed by atoms with Gasteiger partial charge in [0.15, 0.2) is 0 Å². The maximum Gasteiger partial charge on any atom is 0.0848 e. The Hall–Kier alpha value is -1.77. The Morgan fingerprint density at radius 2 is 1.81 bits per heavy atom. The average Bonchev–Trinajstić information content (AvgIpc) is 2.73. The van der Waals surface area contributed by atoms with Gasteiger partial charge in [-0.1, -0.05) is 47.5 Å². The van der Waals surface area contributed by atoms with Crippen LogP contribution < -0.4 is 0 Å². The molecule has 2 nitrogen and oxygen atoms in total. The smallest absolute Gasteiger partial charge is 0.0848 e. The van der Waals surface area contributed by atoms with E-state index in [0.29, 0.717) is 15.7 Å². The molecule has 0 bridgehead atoms. The largest absolute Gasteiger partial charge is 0.347 e. The van der Waals surface area contributed by atoms with Crippen LogP contribution in [0.4, 0.5) is 5.69 Å². The zero-order valence-electron chi connectivity index (χ0n) is 11.8. The van der Waals surface area contributed by atoms with Crippen LogP contribution in [0.25, 0.3) is 10.9 Å². The van der Waals surface area contributed by atoms with Crippen LogP contribution in [0.1, 0.15) is 11.3 Å². The van der Waals surface area contributed by atoms with E-state index in [2.05, 4.69) is 35.7 Å². The lowest BCUT2D eigenvalue weighted by Crippen LogP contribution is -1.91. The van der Waals surface area contributed by atoms with Crippen LogP contribution in [0.15, 0.2) is 47.5 Å². The highest BCUT2D eigenvalue weighted by Gasteiger charge is 2.09. The maximum atomic E-state index is 6.17. The Kier molecular flexibility index (Phi) is 3.75. The highest BCUT2D eigenvalue weighted by Crippen LogP contribution is 2.32. The topological polar surface area (TPSA) is 17.3 Å². The van der Waals surface area contributed by atoms with Crippen molar-refractivity contribution < 1.29 is 0 Å². The minimum Gasteiger partial charge on any atom is -0.347 e. The second kappa shape index (κ2) is 5.55. The van der Waals surface area contributed by atoms with Gasteiger partial charge in [0, 0.05) is 35.4 Å². The summed E-state index contributed by atoms with van der Waals surface area (Å²) in [5, 5.41) is 2.17. The summed E-state index contributed by atoms with van der Waals surface area (Å²) < 4.78 is 2.16. The first-order valence-electron chi connectivity index (χ1n) is 6.61. The molecule has 0 aliphatic rings. The molecule has 0 unspecified atom stereocenters. The third-order valence-corrected chi connectivity index (χ3v) is 4.52. The Balaban J connectivity index is 2.12. The number of aromatic nitrogens is 1. The highest BCUT2D eigenvalue weighted by atomic mass is 35.5. The quantitative estimate of drug-likeness (QED) is 0.552. The molecule has 0 fully saturated rings. The zero-order valence-corrected chi connectivity index (χ0v) is 13.3. The lowest BCUT2D eigenvalue weighted by Gasteiger charge is -2.00. The van der Waals surface area contributed by atoms with Crippen LogP contribution >= 0.6 is 23.2 Å². The monoisotopic (exact) mass is 316 g/mol. The summed E-state index contributed by atoms with van der Waals surface area (Å²) in [7, 11) is 2.06. The number of aliphatic imine (C=N–C) groups is 1. The summed E-state index contributed by atoms with van der Waals surface area (Å²) in [5.41, 5.74) is 4.13. The number of hydrogen-bond acceptors (Lipinski definition) is 1. The molecule has 0 aliphatic carbocycles. The minimum absolute atomic E-state index is 0.480. The van der Waals surface area contributed by atoms with Gasteiger partial charge in [-0.05, 0) is 25.1 Å². The van der Waals surface area contributed by atoms with Crippen LogP contribution in [0.2, 0.25) is 10.0 Å². The molecule has 0 saturated carbocycles. The van der Waals surface area contributed by atoms with E-state index in [4.69, 9.17) is 23.2 Å². The predicted molar refractivity (Wildman–Crippen MR) is 91.4 cm³/mol. The van der Waals surface area contributed by atoms with Crippen molar-refractivity contribution in [3.05, 3.63) is 63.8 Å². The summed E-state index contributed by atoms with van der Waals surface area (Å²) in [6.45, 7) is 2.08. The fourth-order valence-electron chi connectivity index (χ4n) is 2.44. The molecular formula is C17H14Cl2N2. The molecular weight excluding hydrogens is 303 g/mol. The third kappa shape index (κ3) is 2.45. The van der Waals surface area contributed by atoms with E-state index in [1.807, 2.05) is 30.5 Å². The van der Waals surface area contributed by atoms with Crippen molar-refractivity contribution in [1.29, 1.82) is 0 Å². The summed E-state index contributed by atoms with van der Waals surface area (Å²) in [5.74, 6) is 0. The SMILES string of the molecule is Cc1c(C=Nc2cccc(Cl)c2Cl)c2ccccc2n1C. The summed E-state index contributed by atoms with van der Waals surface area (Å²) in [6, 6.07) is 13.7. The summed E-state index contributed by atoms with van der Waals surface area (Å²) in [6.07, 6.45) is 1.86. The van der Waals surface area contributed by atoms with E-state index < -0.39 is 0 Å². The molecule has 3 aromatic rings. The Labute approximate surface area is 133 Å². The number of fused-ring (bicyclic) bond motifs is 1. The van der Waals surface area contributed by atoms with E-state index in [1.54, 1.807) is 6.07 Å². The molecule has 1 heterocycles. The molecule has 1 aromatic heterocycles. The van der Waals surface area contributed by atoms with Gasteiger partial charge in [-0.15, -0.1) is 0 Å². The van der Waals surface area contributed by atoms with E-state index in [0.717, 1.165) is 11.3 Å². The van der Waals surface area contributed by atoms with E-state index in [9.17, 15) is 0 Å². The minimum atomic E-state index is 0.480. The van der Waals surface area contributed by atoms with Gasteiger partial charge in [0.05, 0.1) is 15.7 Å². The second-order valence-electron chi connectivity index (χ2n) is 4.91. The Morgan fingerprint density at radius 3 is 2.62 bits per heavy atom. The van der Waals surface area contributed by atoms with Gasteiger partial charge in [0.2, 0.25) is 0 Å². The number of para-hydroxylation sites is 1. The Morgan fingerprint density at radius 1 is 1.05 bits per heavy atom. The van der Waals surface area contributed by atoms with Crippen molar-refractivity contribution in [2.45, 2.75) is 6.92 Å². The van der Waals surface area contributed by atoms with Crippen molar-refractivity contribution in [2.24, 2.45) is 12.0 Å². The first-order valence-corrected chi connectivity index (χ1v) is 7.37. The zero-order chi connectivity index (χ0) is 15.0. The summed E-state index contributed by atoms with van der Waals surface area (Å²) >= 11 is 12.2. The molecule has 106 valence electrons. The van der Waals surface area contributed by atoms with Gasteiger partial charge in [-0.3, -0.25) is 4.99 Å². The van der Waals surface area contributed by atoms with Crippen LogP contribution in [0.3, 0.4) is 0 Å². The molecule has 0 radical (unpaired) electrons. The van der Waals surface area contributed by atoms with Gasteiger partial charge in [0.25, 0.3) is 0 Å². The standard InChI is InChI=1S/C17H14Cl2N2/c1-11-13(12-6-3-4-9-16(12)21(11)2)10-20-15-8-5-7-14(18)17(15)19/h3-10H,1-2H3. The first-order chi connectivity index (χ1) is 10.1. The molecule has 0 N–H and O–H groups in total. The lowest BCUT2D eigenvalue weighted by molar-refractivity contribution is 0.917. The number of aryl methyl sites for hydroxylation is 1. The average molecular weight is 317 g/mol. The van der Waals surface area contributed by atoms with E-state index in [1.165, 1.54) is 10.9 Å². The van der Waals surface area contributed by atoms with Crippen LogP contribution in [0.5, 0.6) is 0 Å². The molecule has 0 spiro atoms. The van der Waals surface area contributed by atoms with Crippen LogP contribution in [-0.2, 0) is 7.05 Å². The Bertz CT molecular complexity index is 847. The molecule has 4 heteroatoms. The van der Waals surface area contributed by atoms with Crippen LogP contribution in [-0.4, -0.2) is 10.8 Å². The van der Waals surface area contributed by atoms with E-state index >= 15 is 0 Å². The molecule has 3 rings (SSSR count). The molecule has 0 atom stereocenters. The van der Waals surface area contributed by atoms with Crippen molar-refractivity contribution in [1.82, 2.24) is 4.57 Å². The fraction of sp³-hybridized carbons (Fsp3) is 0.118. The number of benzene rings is 2. The molecule has 0 saturated heterocycles. The van der Waals surface area contributed by atoms with Gasteiger partial charge >= 0.3 is 0 Å². The number of halogens is 2. The number of hydrogen-bond donors (Lipinski definition) is 0. The van der Waals surface area contributed by atoms with Crippen LogP contribution in [0, 0.1) is 6.92 Å². The molecule has 0 aliphatic heterocycles. The van der Waals surface area contributed by atoms with Gasteiger partial charge in [-0.2, -0.15) is 0 Å². The predicted octanol–water partition coefficient (Wildman–Crippen LogP) is 5.54. The summed E-state index contributed by atoms with van der Waals surface area (Å²) in [4.78, 5) is 4.51. The maximum absolute atomic E-state index is 6.17. The highest BCUT2D eigenvalue weighted by molar-refractivity contribution is 6.43. The normalized spacial score (nSPS) is 11.6. The third-order valence-electron chi connectivity index (χ3n) is 3.71. The van der Waals surface area contributed by atoms with Crippen molar-refractivity contribution >= 4 is 46.0 Å². The van der Waals surface area contributed by atoms with Gasteiger partial charge < -0.3 is 4.57 Å². The second-order valence-corrected chi connectivity index (χ2v) is 5.69. The van der Waals surface area contributed by atoms with Crippen molar-refractivity contribution in [2.75, 3.05) is 0 Å². The molecule has 21 heavy (non-hydrogen) atoms. The van der Waals surface area contributed by atoms with E-state index in [-0.39, 0.29) is 0 Å². The van der Waals surface area contributed by atoms with Crippen molar-refractivity contribution in [3.63, 3.8) is 0 Å². The van der Waals surface area contributed by atoms with Crippen molar-refractivity contribution in [3.8, 4) is 0 Å². The number of rotatable bonds is 2. The van der Waals surface area contributed by atoms with Gasteiger partial charge in [0.1, 0.15) is 0 Å². The van der Waals surface area contributed by atoms with Gasteiger partial charge in [-0.25, -0.2) is 0 Å². The molecule has 2 aromatic carbocycles. The first kappa shape index (κ1) is 14.2. The lowest BCUT2D eigenvalue weighted by atomic mass is 10.1. The molecule has 0 amide bonds. The number of nitrogens with zero attached hydrogens (tertiary/aromatic N) is 2. The fourth-order valence-corrected chi connectivity index (χ4v) is 2.78.